The van der Waals surface area contributed by atoms with Crippen molar-refractivity contribution >= 4 is 23.3 Å². The van der Waals surface area contributed by atoms with Crippen LogP contribution in [0.1, 0.15) is 29.5 Å². The molecule has 1 aliphatic carbocycles. The van der Waals surface area contributed by atoms with E-state index in [2.05, 4.69) is 33.9 Å². The van der Waals surface area contributed by atoms with Gasteiger partial charge >= 0.3 is 6.03 Å². The molecule has 1 aromatic carbocycles. The molecule has 0 unspecified atom stereocenters. The van der Waals surface area contributed by atoms with Gasteiger partial charge in [-0.3, -0.25) is 14.6 Å². The number of ether oxygens (including phenoxy) is 1. The Kier molecular flexibility index (Phi) is 5.58. The summed E-state index contributed by atoms with van der Waals surface area (Å²) >= 11 is 1.71. The monoisotopic (exact) mass is 439 g/mol. The molecule has 2 saturated heterocycles. The first kappa shape index (κ1) is 20.7. The number of urea groups is 1. The zero-order chi connectivity index (χ0) is 21.4. The van der Waals surface area contributed by atoms with Crippen LogP contribution in [0, 0.1) is 0 Å². The highest BCUT2D eigenvalue weighted by Gasteiger charge is 2.59. The van der Waals surface area contributed by atoms with Gasteiger partial charge < -0.3 is 9.64 Å². The van der Waals surface area contributed by atoms with E-state index in [4.69, 9.17) is 4.74 Å². The van der Waals surface area contributed by atoms with Gasteiger partial charge in [-0.05, 0) is 59.2 Å². The lowest BCUT2D eigenvalue weighted by Gasteiger charge is -2.42. The van der Waals surface area contributed by atoms with Crippen LogP contribution in [0.25, 0.3) is 0 Å². The second kappa shape index (κ2) is 8.37. The average Bonchev–Trinajstić information content (AvgIpc) is 3.48. The molecule has 1 aromatic heterocycles. The highest BCUT2D eigenvalue weighted by molar-refractivity contribution is 7.07. The number of amides is 3. The average molecular weight is 440 g/mol. The molecule has 5 rings (SSSR count). The van der Waals surface area contributed by atoms with Crippen LogP contribution in [0.15, 0.2) is 41.1 Å². The molecular weight excluding hydrogens is 410 g/mol. The molecule has 164 valence electrons. The van der Waals surface area contributed by atoms with Gasteiger partial charge in [0.15, 0.2) is 0 Å². The molecule has 3 heterocycles. The minimum Gasteiger partial charge on any atom is -0.383 e. The van der Waals surface area contributed by atoms with E-state index in [1.807, 2.05) is 17.0 Å². The number of thiophene rings is 1. The summed E-state index contributed by atoms with van der Waals surface area (Å²) in [5.41, 5.74) is 3.10. The van der Waals surface area contributed by atoms with Gasteiger partial charge in [-0.15, -0.1) is 0 Å². The fraction of sp³-hybridized carbons (Fsp3) is 0.500. The zero-order valence-corrected chi connectivity index (χ0v) is 18.8. The molecule has 0 bridgehead atoms. The van der Waals surface area contributed by atoms with Crippen LogP contribution in [0.5, 0.6) is 0 Å². The van der Waals surface area contributed by atoms with Crippen LogP contribution in [-0.2, 0) is 28.9 Å². The van der Waals surface area contributed by atoms with Crippen LogP contribution in [0.2, 0.25) is 0 Å². The maximum Gasteiger partial charge on any atom is 0.328 e. The number of fused-ring (bicyclic) bond motifs is 1. The molecule has 3 amide bonds. The van der Waals surface area contributed by atoms with E-state index in [1.54, 1.807) is 23.3 Å². The molecule has 3 aliphatic rings. The third kappa shape index (κ3) is 3.58. The summed E-state index contributed by atoms with van der Waals surface area (Å²) < 4.78 is 5.29. The Morgan fingerprint density at radius 1 is 1.10 bits per heavy atom. The highest BCUT2D eigenvalue weighted by atomic mass is 32.1. The second-order valence-electron chi connectivity index (χ2n) is 8.87. The quantitative estimate of drug-likeness (QED) is 0.649. The van der Waals surface area contributed by atoms with Gasteiger partial charge in [0.1, 0.15) is 5.54 Å². The van der Waals surface area contributed by atoms with Gasteiger partial charge in [0.05, 0.1) is 6.61 Å². The molecule has 0 radical (unpaired) electrons. The number of hydrogen-bond donors (Lipinski definition) is 0. The Hall–Kier alpha value is -2.22. The van der Waals surface area contributed by atoms with Crippen LogP contribution >= 0.6 is 11.3 Å². The van der Waals surface area contributed by atoms with Crippen molar-refractivity contribution in [2.45, 2.75) is 43.8 Å². The molecule has 2 fully saturated rings. The van der Waals surface area contributed by atoms with Gasteiger partial charge in [-0.25, -0.2) is 4.79 Å². The maximum absolute atomic E-state index is 13.8. The molecule has 1 spiro atoms. The number of rotatable bonds is 6. The molecule has 2 aromatic rings. The lowest BCUT2D eigenvalue weighted by atomic mass is 9.85. The molecule has 0 saturated carbocycles. The number of imide groups is 1. The van der Waals surface area contributed by atoms with Crippen molar-refractivity contribution in [3.8, 4) is 0 Å². The van der Waals surface area contributed by atoms with Crippen molar-refractivity contribution in [2.75, 3.05) is 33.4 Å². The minimum atomic E-state index is -0.727. The van der Waals surface area contributed by atoms with Crippen LogP contribution in [0.4, 0.5) is 4.79 Å². The smallest absolute Gasteiger partial charge is 0.328 e. The molecule has 0 N–H and O–H groups in total. The predicted octanol–water partition coefficient (Wildman–Crippen LogP) is 3.16. The third-order valence-corrected chi connectivity index (χ3v) is 7.89. The topological polar surface area (TPSA) is 53.1 Å². The standard InChI is InChI=1S/C24H29N3O3S/c1-30-12-11-26-23(29)27(21-14-19-4-2-3-5-20(19)15-21)22(28)24(26)7-9-25(10-8-24)16-18-6-13-31-17-18/h2-6,13,17,21H,7-12,14-16H2,1H3. The summed E-state index contributed by atoms with van der Waals surface area (Å²) in [5, 5.41) is 4.28. The van der Waals surface area contributed by atoms with Gasteiger partial charge in [0.25, 0.3) is 5.91 Å². The summed E-state index contributed by atoms with van der Waals surface area (Å²) in [4.78, 5) is 33.2. The zero-order valence-electron chi connectivity index (χ0n) is 18.0. The van der Waals surface area contributed by atoms with E-state index >= 15 is 0 Å². The van der Waals surface area contributed by atoms with Crippen molar-refractivity contribution in [2.24, 2.45) is 0 Å². The molecule has 7 heteroatoms. The molecule has 0 atom stereocenters. The fourth-order valence-corrected chi connectivity index (χ4v) is 6.14. The van der Waals surface area contributed by atoms with Crippen LogP contribution < -0.4 is 0 Å². The van der Waals surface area contributed by atoms with E-state index in [0.29, 0.717) is 26.0 Å². The Morgan fingerprint density at radius 3 is 2.42 bits per heavy atom. The summed E-state index contributed by atoms with van der Waals surface area (Å²) in [6, 6.07) is 10.2. The number of piperidine rings is 1. The number of likely N-dealkylation sites (tertiary alicyclic amines) is 1. The first-order chi connectivity index (χ1) is 15.1. The Labute approximate surface area is 187 Å². The van der Waals surface area contributed by atoms with Crippen molar-refractivity contribution < 1.29 is 14.3 Å². The highest BCUT2D eigenvalue weighted by Crippen LogP contribution is 2.40. The third-order valence-electron chi connectivity index (χ3n) is 7.15. The second-order valence-corrected chi connectivity index (χ2v) is 9.65. The van der Waals surface area contributed by atoms with Crippen molar-refractivity contribution in [3.05, 3.63) is 57.8 Å². The molecule has 6 nitrogen and oxygen atoms in total. The number of carbonyl (C=O) groups excluding carboxylic acids is 2. The molecule has 2 aliphatic heterocycles. The largest absolute Gasteiger partial charge is 0.383 e. The Balaban J connectivity index is 1.36. The number of carbonyl (C=O) groups is 2. The predicted molar refractivity (Wildman–Crippen MR) is 120 cm³/mol. The van der Waals surface area contributed by atoms with Crippen LogP contribution in [-0.4, -0.2) is 71.6 Å². The minimum absolute atomic E-state index is 0.00147. The van der Waals surface area contributed by atoms with Gasteiger partial charge in [0.2, 0.25) is 0 Å². The summed E-state index contributed by atoms with van der Waals surface area (Å²) in [6.45, 7) is 3.44. The molecular formula is C24H29N3O3S. The summed E-state index contributed by atoms with van der Waals surface area (Å²) in [7, 11) is 1.64. The van der Waals surface area contributed by atoms with Crippen molar-refractivity contribution in [1.82, 2.24) is 14.7 Å². The first-order valence-electron chi connectivity index (χ1n) is 11.1. The lowest BCUT2D eigenvalue weighted by molar-refractivity contribution is -0.137. The SMILES string of the molecule is COCCN1C(=O)N(C2Cc3ccccc3C2)C(=O)C12CCN(Cc1ccsc1)CC2. The van der Waals surface area contributed by atoms with E-state index in [-0.39, 0.29) is 18.0 Å². The van der Waals surface area contributed by atoms with Gasteiger partial charge in [0, 0.05) is 39.3 Å². The summed E-state index contributed by atoms with van der Waals surface area (Å²) in [6.07, 6.45) is 2.88. The van der Waals surface area contributed by atoms with E-state index < -0.39 is 5.54 Å². The fourth-order valence-electron chi connectivity index (χ4n) is 5.48. The van der Waals surface area contributed by atoms with Crippen molar-refractivity contribution in [3.63, 3.8) is 0 Å². The van der Waals surface area contributed by atoms with E-state index in [0.717, 1.165) is 32.5 Å². The van der Waals surface area contributed by atoms with E-state index in [9.17, 15) is 9.59 Å². The van der Waals surface area contributed by atoms with Gasteiger partial charge in [-0.2, -0.15) is 11.3 Å². The summed E-state index contributed by atoms with van der Waals surface area (Å²) in [5.74, 6) is 0.00147. The lowest BCUT2D eigenvalue weighted by Crippen LogP contribution is -2.57. The Bertz CT molecular complexity index is 928. The van der Waals surface area contributed by atoms with Crippen molar-refractivity contribution in [1.29, 1.82) is 0 Å². The number of benzene rings is 1. The number of methoxy groups -OCH3 is 1. The molecule has 31 heavy (non-hydrogen) atoms. The van der Waals surface area contributed by atoms with E-state index in [1.165, 1.54) is 16.7 Å². The maximum atomic E-state index is 13.8. The van der Waals surface area contributed by atoms with Gasteiger partial charge in [-0.1, -0.05) is 24.3 Å². The normalized spacial score (nSPS) is 21.5. The number of hydrogen-bond acceptors (Lipinski definition) is 5. The van der Waals surface area contributed by atoms with Crippen LogP contribution in [0.3, 0.4) is 0 Å². The first-order valence-corrected chi connectivity index (χ1v) is 12.0. The Morgan fingerprint density at radius 2 is 1.81 bits per heavy atom. The number of nitrogens with zero attached hydrogens (tertiary/aromatic N) is 3.